The highest BCUT2D eigenvalue weighted by Crippen LogP contribution is 2.21. The number of hydrogen-bond donors (Lipinski definition) is 1. The van der Waals surface area contributed by atoms with Crippen molar-refractivity contribution in [2.75, 3.05) is 18.1 Å². The predicted molar refractivity (Wildman–Crippen MR) is 107 cm³/mol. The Hall–Kier alpha value is -0.970. The minimum Gasteiger partial charge on any atom is -0.389 e. The van der Waals surface area contributed by atoms with E-state index in [-0.39, 0.29) is 11.9 Å². The summed E-state index contributed by atoms with van der Waals surface area (Å²) in [7, 11) is 0. The van der Waals surface area contributed by atoms with Crippen molar-refractivity contribution in [2.45, 2.75) is 51.2 Å². The maximum atomic E-state index is 12.1. The van der Waals surface area contributed by atoms with Gasteiger partial charge < -0.3 is 10.0 Å². The SMILES string of the molecule is CCCCSCCN1C(=O)CC[C@@H]1/C=C/[C@@H](O)Cc1cccc(Cl)c1. The zero-order valence-electron chi connectivity index (χ0n) is 14.9. The van der Waals surface area contributed by atoms with E-state index in [0.717, 1.165) is 30.0 Å². The summed E-state index contributed by atoms with van der Waals surface area (Å²) in [5.41, 5.74) is 1.01. The summed E-state index contributed by atoms with van der Waals surface area (Å²) in [6.07, 6.45) is 7.69. The van der Waals surface area contributed by atoms with Crippen LogP contribution in [0, 0.1) is 0 Å². The maximum absolute atomic E-state index is 12.1. The molecule has 1 aliphatic rings. The summed E-state index contributed by atoms with van der Waals surface area (Å²) in [6, 6.07) is 7.67. The third-order valence-electron chi connectivity index (χ3n) is 4.38. The first-order valence-electron chi connectivity index (χ1n) is 9.08. The molecular formula is C20H28ClNO2S. The largest absolute Gasteiger partial charge is 0.389 e. The van der Waals surface area contributed by atoms with Gasteiger partial charge in [-0.15, -0.1) is 0 Å². The van der Waals surface area contributed by atoms with Gasteiger partial charge in [0.05, 0.1) is 12.1 Å². The fourth-order valence-electron chi connectivity index (χ4n) is 2.99. The molecule has 2 atom stereocenters. The second-order valence-electron chi connectivity index (χ2n) is 6.45. The second kappa shape index (κ2) is 10.9. The molecule has 1 amide bonds. The highest BCUT2D eigenvalue weighted by atomic mass is 35.5. The van der Waals surface area contributed by atoms with E-state index >= 15 is 0 Å². The van der Waals surface area contributed by atoms with Crippen LogP contribution in [0.5, 0.6) is 0 Å². The van der Waals surface area contributed by atoms with Crippen LogP contribution in [0.25, 0.3) is 0 Å². The topological polar surface area (TPSA) is 40.5 Å². The van der Waals surface area contributed by atoms with Gasteiger partial charge in [-0.3, -0.25) is 4.79 Å². The van der Waals surface area contributed by atoms with Gasteiger partial charge >= 0.3 is 0 Å². The zero-order chi connectivity index (χ0) is 18.1. The quantitative estimate of drug-likeness (QED) is 0.484. The number of nitrogens with zero attached hydrogens (tertiary/aromatic N) is 1. The molecule has 1 heterocycles. The fourth-order valence-corrected chi connectivity index (χ4v) is 4.22. The van der Waals surface area contributed by atoms with Crippen molar-refractivity contribution in [3.8, 4) is 0 Å². The Morgan fingerprint density at radius 3 is 3.04 bits per heavy atom. The summed E-state index contributed by atoms with van der Waals surface area (Å²) in [4.78, 5) is 14.0. The second-order valence-corrected chi connectivity index (χ2v) is 8.11. The van der Waals surface area contributed by atoms with Gasteiger partial charge in [0.25, 0.3) is 0 Å². The zero-order valence-corrected chi connectivity index (χ0v) is 16.4. The van der Waals surface area contributed by atoms with E-state index in [4.69, 9.17) is 11.6 Å². The van der Waals surface area contributed by atoms with E-state index in [1.807, 2.05) is 53.1 Å². The maximum Gasteiger partial charge on any atom is 0.223 e. The van der Waals surface area contributed by atoms with Gasteiger partial charge in [-0.2, -0.15) is 11.8 Å². The highest BCUT2D eigenvalue weighted by molar-refractivity contribution is 7.99. The molecular weight excluding hydrogens is 354 g/mol. The molecule has 1 aromatic rings. The smallest absolute Gasteiger partial charge is 0.223 e. The lowest BCUT2D eigenvalue weighted by molar-refractivity contribution is -0.128. The Kier molecular flexibility index (Phi) is 8.87. The van der Waals surface area contributed by atoms with Gasteiger partial charge in [0.2, 0.25) is 5.91 Å². The van der Waals surface area contributed by atoms with Crippen LogP contribution in [0.4, 0.5) is 0 Å². The summed E-state index contributed by atoms with van der Waals surface area (Å²) < 4.78 is 0. The van der Waals surface area contributed by atoms with Gasteiger partial charge in [0.1, 0.15) is 0 Å². The van der Waals surface area contributed by atoms with Gasteiger partial charge in [0, 0.05) is 30.2 Å². The number of unbranched alkanes of at least 4 members (excludes halogenated alkanes) is 1. The molecule has 1 saturated heterocycles. The van der Waals surface area contributed by atoms with Gasteiger partial charge in [-0.25, -0.2) is 0 Å². The van der Waals surface area contributed by atoms with Crippen molar-refractivity contribution in [3.05, 3.63) is 47.0 Å². The summed E-state index contributed by atoms with van der Waals surface area (Å²) >= 11 is 7.89. The van der Waals surface area contributed by atoms with Crippen LogP contribution in [0.1, 0.15) is 38.2 Å². The summed E-state index contributed by atoms with van der Waals surface area (Å²) in [5.74, 6) is 2.38. The number of likely N-dealkylation sites (tertiary alicyclic amines) is 1. The molecule has 2 rings (SSSR count). The molecule has 5 heteroatoms. The van der Waals surface area contributed by atoms with Crippen molar-refractivity contribution in [2.24, 2.45) is 0 Å². The molecule has 1 fully saturated rings. The molecule has 1 aliphatic heterocycles. The fraction of sp³-hybridized carbons (Fsp3) is 0.550. The molecule has 0 aromatic heterocycles. The molecule has 1 N–H and O–H groups in total. The average molecular weight is 382 g/mol. The number of aliphatic hydroxyl groups excluding tert-OH is 1. The molecule has 25 heavy (non-hydrogen) atoms. The number of thioether (sulfide) groups is 1. The van der Waals surface area contributed by atoms with E-state index < -0.39 is 6.10 Å². The van der Waals surface area contributed by atoms with Crippen molar-refractivity contribution < 1.29 is 9.90 Å². The van der Waals surface area contributed by atoms with E-state index in [1.54, 1.807) is 0 Å². The van der Waals surface area contributed by atoms with Crippen LogP contribution in [-0.4, -0.2) is 46.1 Å². The summed E-state index contributed by atoms with van der Waals surface area (Å²) in [5, 5.41) is 10.9. The lowest BCUT2D eigenvalue weighted by Crippen LogP contribution is -2.34. The van der Waals surface area contributed by atoms with Crippen molar-refractivity contribution >= 4 is 29.3 Å². The number of benzene rings is 1. The summed E-state index contributed by atoms with van der Waals surface area (Å²) in [6.45, 7) is 2.99. The number of carbonyl (C=O) groups excluding carboxylic acids is 1. The first-order valence-corrected chi connectivity index (χ1v) is 10.6. The van der Waals surface area contributed by atoms with Crippen LogP contribution < -0.4 is 0 Å². The minimum atomic E-state index is -0.560. The standard InChI is InChI=1S/C20H28ClNO2S/c1-2-3-12-25-13-11-22-18(8-10-20(22)24)7-9-19(23)15-16-5-4-6-17(21)14-16/h4-7,9,14,18-19,23H,2-3,8,10-13,15H2,1H3/b9-7+/t18-,19+/m0/s1. The lowest BCUT2D eigenvalue weighted by atomic mass is 10.1. The lowest BCUT2D eigenvalue weighted by Gasteiger charge is -2.22. The number of halogens is 1. The Morgan fingerprint density at radius 2 is 2.28 bits per heavy atom. The Labute approximate surface area is 160 Å². The monoisotopic (exact) mass is 381 g/mol. The Balaban J connectivity index is 1.82. The number of hydrogen-bond acceptors (Lipinski definition) is 3. The van der Waals surface area contributed by atoms with Crippen molar-refractivity contribution in [1.29, 1.82) is 0 Å². The van der Waals surface area contributed by atoms with Crippen molar-refractivity contribution in [1.82, 2.24) is 4.90 Å². The first-order chi connectivity index (χ1) is 12.1. The number of rotatable bonds is 10. The number of carbonyl (C=O) groups is 1. The molecule has 0 bridgehead atoms. The predicted octanol–water partition coefficient (Wildman–Crippen LogP) is 4.32. The first kappa shape index (κ1) is 20.3. The average Bonchev–Trinajstić information content (AvgIpc) is 2.93. The molecule has 1 aromatic carbocycles. The van der Waals surface area contributed by atoms with Crippen LogP contribution in [-0.2, 0) is 11.2 Å². The molecule has 0 radical (unpaired) electrons. The normalized spacial score (nSPS) is 19.1. The molecule has 138 valence electrons. The molecule has 0 saturated carbocycles. The Morgan fingerprint density at radius 1 is 1.44 bits per heavy atom. The van der Waals surface area contributed by atoms with Crippen LogP contribution in [0.3, 0.4) is 0 Å². The molecule has 0 spiro atoms. The molecule has 0 aliphatic carbocycles. The third kappa shape index (κ3) is 7.04. The number of aliphatic hydroxyl groups is 1. The van der Waals surface area contributed by atoms with Gasteiger partial charge in [0.15, 0.2) is 0 Å². The van der Waals surface area contributed by atoms with E-state index in [2.05, 4.69) is 6.92 Å². The van der Waals surface area contributed by atoms with Crippen molar-refractivity contribution in [3.63, 3.8) is 0 Å². The minimum absolute atomic E-state index is 0.119. The van der Waals surface area contributed by atoms with Crippen LogP contribution in [0.15, 0.2) is 36.4 Å². The van der Waals surface area contributed by atoms with E-state index in [1.165, 1.54) is 12.8 Å². The molecule has 3 nitrogen and oxygen atoms in total. The van der Waals surface area contributed by atoms with E-state index in [9.17, 15) is 9.90 Å². The van der Waals surface area contributed by atoms with Crippen LogP contribution >= 0.6 is 23.4 Å². The Bertz CT molecular complexity index is 579. The van der Waals surface area contributed by atoms with E-state index in [0.29, 0.717) is 17.9 Å². The van der Waals surface area contributed by atoms with Crippen LogP contribution in [0.2, 0.25) is 5.02 Å². The number of amides is 1. The molecule has 0 unspecified atom stereocenters. The van der Waals surface area contributed by atoms with Gasteiger partial charge in [-0.05, 0) is 36.3 Å². The van der Waals surface area contributed by atoms with Gasteiger partial charge in [-0.1, -0.05) is 49.2 Å². The highest BCUT2D eigenvalue weighted by Gasteiger charge is 2.28. The third-order valence-corrected chi connectivity index (χ3v) is 5.67.